The number of piperidine rings is 1. The number of carbonyl (C=O) groups is 3. The number of benzene rings is 2. The Kier molecular flexibility index (Phi) is 5.63. The van der Waals surface area contributed by atoms with Crippen LogP contribution in [0.2, 0.25) is 0 Å². The number of rotatable bonds is 5. The summed E-state index contributed by atoms with van der Waals surface area (Å²) in [5, 5.41) is 2.61. The molecule has 0 saturated carbocycles. The van der Waals surface area contributed by atoms with Gasteiger partial charge in [-0.3, -0.25) is 19.3 Å². The lowest BCUT2D eigenvalue weighted by molar-refractivity contribution is -0.116. The molecule has 0 aliphatic carbocycles. The summed E-state index contributed by atoms with van der Waals surface area (Å²) in [7, 11) is -3.57. The van der Waals surface area contributed by atoms with Crippen LogP contribution in [0.15, 0.2) is 53.4 Å². The van der Waals surface area contributed by atoms with Gasteiger partial charge < -0.3 is 5.32 Å². The van der Waals surface area contributed by atoms with Crippen LogP contribution >= 0.6 is 0 Å². The van der Waals surface area contributed by atoms with Gasteiger partial charge in [-0.2, -0.15) is 4.31 Å². The summed E-state index contributed by atoms with van der Waals surface area (Å²) in [5.74, 6) is -1.04. The van der Waals surface area contributed by atoms with E-state index < -0.39 is 34.3 Å². The fraction of sp³-hybridized carbons (Fsp3) is 0.318. The molecule has 9 heteroatoms. The lowest BCUT2D eigenvalue weighted by Gasteiger charge is -2.29. The van der Waals surface area contributed by atoms with E-state index in [9.17, 15) is 22.8 Å². The molecule has 162 valence electrons. The van der Waals surface area contributed by atoms with Gasteiger partial charge in [0.25, 0.3) is 11.8 Å². The summed E-state index contributed by atoms with van der Waals surface area (Å²) in [5.41, 5.74) is 0.941. The Bertz CT molecular complexity index is 1100. The zero-order valence-corrected chi connectivity index (χ0v) is 17.9. The smallest absolute Gasteiger partial charge is 0.262 e. The molecule has 0 radical (unpaired) electrons. The monoisotopic (exact) mass is 441 g/mol. The molecule has 3 amide bonds. The molecular weight excluding hydrogens is 418 g/mol. The van der Waals surface area contributed by atoms with Crippen LogP contribution in [0, 0.1) is 5.92 Å². The van der Waals surface area contributed by atoms with Gasteiger partial charge in [0, 0.05) is 18.8 Å². The number of imide groups is 1. The summed E-state index contributed by atoms with van der Waals surface area (Å²) in [6, 6.07) is 12.3. The molecule has 1 fully saturated rings. The van der Waals surface area contributed by atoms with Crippen LogP contribution in [-0.4, -0.2) is 55.0 Å². The highest BCUT2D eigenvalue weighted by atomic mass is 32.2. The van der Waals surface area contributed by atoms with Gasteiger partial charge in [0.15, 0.2) is 0 Å². The van der Waals surface area contributed by atoms with E-state index in [1.807, 2.05) is 0 Å². The maximum Gasteiger partial charge on any atom is 0.262 e. The van der Waals surface area contributed by atoms with Gasteiger partial charge in [-0.1, -0.05) is 19.1 Å². The summed E-state index contributed by atoms with van der Waals surface area (Å²) >= 11 is 0. The van der Waals surface area contributed by atoms with Crippen LogP contribution in [0.3, 0.4) is 0 Å². The van der Waals surface area contributed by atoms with E-state index in [0.717, 1.165) is 17.7 Å². The van der Waals surface area contributed by atoms with Gasteiger partial charge in [-0.15, -0.1) is 0 Å². The Labute approximate surface area is 180 Å². The standard InChI is InChI=1S/C22H23N3O5S/c1-15-10-12-24(13-11-15)31(29,30)17-8-6-16(7-9-17)23-20(26)14-25-21(27)18-4-2-3-5-19(18)22(25)28/h2-9,15H,10-14H2,1H3,(H,23,26). The van der Waals surface area contributed by atoms with Crippen LogP contribution < -0.4 is 5.32 Å². The van der Waals surface area contributed by atoms with Gasteiger partial charge in [-0.25, -0.2) is 8.42 Å². The third kappa shape index (κ3) is 4.11. The van der Waals surface area contributed by atoms with Crippen molar-refractivity contribution < 1.29 is 22.8 Å². The molecule has 8 nitrogen and oxygen atoms in total. The minimum atomic E-state index is -3.57. The highest BCUT2D eigenvalue weighted by molar-refractivity contribution is 7.89. The van der Waals surface area contributed by atoms with Crippen LogP contribution in [0.25, 0.3) is 0 Å². The molecule has 0 spiro atoms. The normalized spacial score (nSPS) is 17.6. The Hall–Kier alpha value is -3.04. The summed E-state index contributed by atoms with van der Waals surface area (Å²) in [4.78, 5) is 38.2. The molecule has 1 N–H and O–H groups in total. The fourth-order valence-corrected chi connectivity index (χ4v) is 5.28. The third-order valence-corrected chi connectivity index (χ3v) is 7.61. The Morgan fingerprint density at radius 1 is 0.968 bits per heavy atom. The average molecular weight is 442 g/mol. The molecule has 2 aliphatic rings. The molecule has 2 aliphatic heterocycles. The lowest BCUT2D eigenvalue weighted by Crippen LogP contribution is -2.38. The number of fused-ring (bicyclic) bond motifs is 1. The predicted octanol–water partition coefficient (Wildman–Crippen LogP) is 2.34. The quantitative estimate of drug-likeness (QED) is 0.718. The first-order valence-corrected chi connectivity index (χ1v) is 11.6. The van der Waals surface area contributed by atoms with Crippen molar-refractivity contribution in [2.45, 2.75) is 24.7 Å². The molecule has 2 heterocycles. The SMILES string of the molecule is CC1CCN(S(=O)(=O)c2ccc(NC(=O)CN3C(=O)c4ccccc4C3=O)cc2)CC1. The topological polar surface area (TPSA) is 104 Å². The number of sulfonamides is 1. The van der Waals surface area contributed by atoms with Crippen molar-refractivity contribution in [3.8, 4) is 0 Å². The first kappa shape index (κ1) is 21.2. The van der Waals surface area contributed by atoms with Gasteiger partial charge in [0.2, 0.25) is 15.9 Å². The summed E-state index contributed by atoms with van der Waals surface area (Å²) in [6.07, 6.45) is 1.68. The number of nitrogens with one attached hydrogen (secondary N) is 1. The average Bonchev–Trinajstić information content (AvgIpc) is 2.99. The lowest BCUT2D eigenvalue weighted by atomic mass is 10.0. The zero-order valence-electron chi connectivity index (χ0n) is 17.1. The molecule has 2 aromatic rings. The van der Waals surface area contributed by atoms with Crippen LogP contribution in [0.1, 0.15) is 40.5 Å². The van der Waals surface area contributed by atoms with Gasteiger partial charge in [-0.05, 0) is 55.2 Å². The molecule has 2 aromatic carbocycles. The molecule has 0 unspecified atom stereocenters. The Morgan fingerprint density at radius 2 is 1.52 bits per heavy atom. The molecule has 31 heavy (non-hydrogen) atoms. The van der Waals surface area contributed by atoms with E-state index in [1.165, 1.54) is 28.6 Å². The molecule has 0 aromatic heterocycles. The van der Waals surface area contributed by atoms with Gasteiger partial charge in [0.05, 0.1) is 16.0 Å². The number of anilines is 1. The highest BCUT2D eigenvalue weighted by Crippen LogP contribution is 2.25. The van der Waals surface area contributed by atoms with Crippen molar-refractivity contribution in [3.05, 3.63) is 59.7 Å². The van der Waals surface area contributed by atoms with Gasteiger partial charge in [0.1, 0.15) is 6.54 Å². The second-order valence-electron chi connectivity index (χ2n) is 7.90. The number of nitrogens with zero attached hydrogens (tertiary/aromatic N) is 2. The molecule has 0 atom stereocenters. The predicted molar refractivity (Wildman–Crippen MR) is 114 cm³/mol. The van der Waals surface area contributed by atoms with Crippen molar-refractivity contribution in [1.82, 2.24) is 9.21 Å². The maximum absolute atomic E-state index is 12.8. The summed E-state index contributed by atoms with van der Waals surface area (Å²) < 4.78 is 27.1. The van der Waals surface area contributed by atoms with Crippen LogP contribution in [0.5, 0.6) is 0 Å². The van der Waals surface area contributed by atoms with Crippen molar-refractivity contribution in [2.24, 2.45) is 5.92 Å². The third-order valence-electron chi connectivity index (χ3n) is 5.70. The molecular formula is C22H23N3O5S. The first-order valence-electron chi connectivity index (χ1n) is 10.1. The number of hydrogen-bond donors (Lipinski definition) is 1. The van der Waals surface area contributed by atoms with Crippen molar-refractivity contribution in [1.29, 1.82) is 0 Å². The molecule has 4 rings (SSSR count). The fourth-order valence-electron chi connectivity index (χ4n) is 3.81. The van der Waals surface area contributed by atoms with Crippen LogP contribution in [-0.2, 0) is 14.8 Å². The van der Waals surface area contributed by atoms with Crippen LogP contribution in [0.4, 0.5) is 5.69 Å². The van der Waals surface area contributed by atoms with Crippen molar-refractivity contribution >= 4 is 33.4 Å². The van der Waals surface area contributed by atoms with Crippen molar-refractivity contribution in [3.63, 3.8) is 0 Å². The van der Waals surface area contributed by atoms with E-state index in [4.69, 9.17) is 0 Å². The minimum Gasteiger partial charge on any atom is -0.325 e. The zero-order chi connectivity index (χ0) is 22.2. The Morgan fingerprint density at radius 3 is 2.06 bits per heavy atom. The van der Waals surface area contributed by atoms with E-state index in [0.29, 0.717) is 24.7 Å². The van der Waals surface area contributed by atoms with E-state index in [-0.39, 0.29) is 16.0 Å². The number of carbonyl (C=O) groups excluding carboxylic acids is 3. The van der Waals surface area contributed by atoms with E-state index >= 15 is 0 Å². The molecule has 0 bridgehead atoms. The summed E-state index contributed by atoms with van der Waals surface area (Å²) in [6.45, 7) is 2.70. The van der Waals surface area contributed by atoms with Crippen molar-refractivity contribution in [2.75, 3.05) is 25.0 Å². The highest BCUT2D eigenvalue weighted by Gasteiger charge is 2.36. The molecule has 1 saturated heterocycles. The maximum atomic E-state index is 12.8. The van der Waals surface area contributed by atoms with E-state index in [1.54, 1.807) is 24.3 Å². The number of amides is 3. The first-order chi connectivity index (χ1) is 14.8. The second kappa shape index (κ2) is 8.24. The second-order valence-corrected chi connectivity index (χ2v) is 9.84. The van der Waals surface area contributed by atoms with Gasteiger partial charge >= 0.3 is 0 Å². The largest absolute Gasteiger partial charge is 0.325 e. The Balaban J connectivity index is 1.40. The van der Waals surface area contributed by atoms with E-state index in [2.05, 4.69) is 12.2 Å². The minimum absolute atomic E-state index is 0.167. The number of hydrogen-bond acceptors (Lipinski definition) is 5.